The lowest BCUT2D eigenvalue weighted by molar-refractivity contribution is -0.124. The van der Waals surface area contributed by atoms with E-state index in [1.807, 2.05) is 39.0 Å². The third-order valence-corrected chi connectivity index (χ3v) is 5.27. The number of carbonyl (C=O) groups excluding carboxylic acids is 1. The Morgan fingerprint density at radius 3 is 2.74 bits per heavy atom. The molecule has 0 radical (unpaired) electrons. The van der Waals surface area contributed by atoms with Crippen molar-refractivity contribution in [1.29, 1.82) is 0 Å². The van der Waals surface area contributed by atoms with Gasteiger partial charge < -0.3 is 20.1 Å². The number of anilines is 2. The maximum Gasteiger partial charge on any atom is 0.258 e. The van der Waals surface area contributed by atoms with Crippen LogP contribution < -0.4 is 20.1 Å². The van der Waals surface area contributed by atoms with Crippen LogP contribution in [0.3, 0.4) is 0 Å². The first-order valence-corrected chi connectivity index (χ1v) is 10.9. The molecular formula is C23H26ClN7O3. The number of hydrogen-bond donors (Lipinski definition) is 3. The van der Waals surface area contributed by atoms with Gasteiger partial charge in [0.1, 0.15) is 0 Å². The number of benzene rings is 2. The molecule has 34 heavy (non-hydrogen) atoms. The fourth-order valence-electron chi connectivity index (χ4n) is 3.34. The van der Waals surface area contributed by atoms with E-state index in [1.165, 1.54) is 7.11 Å². The summed E-state index contributed by atoms with van der Waals surface area (Å²) in [6, 6.07) is 9.04. The number of amides is 1. The van der Waals surface area contributed by atoms with Crippen molar-refractivity contribution in [2.24, 2.45) is 7.05 Å². The maximum atomic E-state index is 12.1. The quantitative estimate of drug-likeness (QED) is 0.362. The van der Waals surface area contributed by atoms with Crippen LogP contribution in [0.25, 0.3) is 22.3 Å². The van der Waals surface area contributed by atoms with Gasteiger partial charge in [0.15, 0.2) is 23.9 Å². The molecule has 0 saturated heterocycles. The minimum atomic E-state index is -0.334. The summed E-state index contributed by atoms with van der Waals surface area (Å²) < 4.78 is 12.7. The number of hydrogen-bond acceptors (Lipinski definition) is 7. The highest BCUT2D eigenvalue weighted by Crippen LogP contribution is 2.34. The summed E-state index contributed by atoms with van der Waals surface area (Å²) in [5.41, 5.74) is 1.93. The Bertz CT molecular complexity index is 1340. The van der Waals surface area contributed by atoms with Crippen LogP contribution in [0.5, 0.6) is 11.5 Å². The fraction of sp³-hybridized carbons (Fsp3) is 0.304. The highest BCUT2D eigenvalue weighted by molar-refractivity contribution is 6.38. The van der Waals surface area contributed by atoms with Crippen LogP contribution in [-0.2, 0) is 11.8 Å². The van der Waals surface area contributed by atoms with Gasteiger partial charge in [0, 0.05) is 23.5 Å². The molecule has 0 bridgehead atoms. The van der Waals surface area contributed by atoms with Crippen molar-refractivity contribution in [1.82, 2.24) is 30.3 Å². The molecular weight excluding hydrogens is 458 g/mol. The van der Waals surface area contributed by atoms with Crippen LogP contribution >= 0.6 is 11.6 Å². The first kappa shape index (κ1) is 23.4. The van der Waals surface area contributed by atoms with Crippen molar-refractivity contribution in [2.45, 2.75) is 26.3 Å². The van der Waals surface area contributed by atoms with Crippen LogP contribution in [-0.4, -0.2) is 50.1 Å². The number of aromatic amines is 1. The molecule has 0 aliphatic rings. The summed E-state index contributed by atoms with van der Waals surface area (Å²) in [6.45, 7) is 5.61. The summed E-state index contributed by atoms with van der Waals surface area (Å²) in [7, 11) is 3.32. The summed E-state index contributed by atoms with van der Waals surface area (Å²) in [5, 5.41) is 18.8. The monoisotopic (exact) mass is 483 g/mol. The van der Waals surface area contributed by atoms with E-state index in [0.29, 0.717) is 34.0 Å². The molecule has 0 aliphatic heterocycles. The van der Waals surface area contributed by atoms with Gasteiger partial charge in [0.2, 0.25) is 5.95 Å². The smallest absolute Gasteiger partial charge is 0.258 e. The van der Waals surface area contributed by atoms with Gasteiger partial charge in [-0.15, -0.1) is 5.10 Å². The van der Waals surface area contributed by atoms with E-state index in [0.717, 1.165) is 16.5 Å². The second-order valence-corrected chi connectivity index (χ2v) is 9.10. The minimum absolute atomic E-state index is 0.120. The normalized spacial score (nSPS) is 11.5. The molecule has 2 aromatic heterocycles. The second kappa shape index (κ2) is 9.22. The molecule has 0 fully saturated rings. The lowest BCUT2D eigenvalue weighted by Gasteiger charge is -2.20. The lowest BCUT2D eigenvalue weighted by Crippen LogP contribution is -2.43. The Hall–Kier alpha value is -3.79. The molecule has 3 N–H and O–H groups in total. The number of aryl methyl sites for hydroxylation is 1. The Morgan fingerprint density at radius 2 is 2.00 bits per heavy atom. The van der Waals surface area contributed by atoms with Crippen LogP contribution in [0, 0.1) is 0 Å². The van der Waals surface area contributed by atoms with E-state index in [4.69, 9.17) is 21.1 Å². The largest absolute Gasteiger partial charge is 0.493 e. The molecule has 2 heterocycles. The predicted molar refractivity (Wildman–Crippen MR) is 131 cm³/mol. The van der Waals surface area contributed by atoms with Gasteiger partial charge in [-0.05, 0) is 51.1 Å². The molecule has 0 aliphatic carbocycles. The van der Waals surface area contributed by atoms with Gasteiger partial charge in [-0.3, -0.25) is 9.89 Å². The topological polar surface area (TPSA) is 119 Å². The third-order valence-electron chi connectivity index (χ3n) is 4.86. The summed E-state index contributed by atoms with van der Waals surface area (Å²) in [6.07, 6.45) is 1.67. The molecule has 0 spiro atoms. The average Bonchev–Trinajstić information content (AvgIpc) is 3.40. The third kappa shape index (κ3) is 5.07. The molecule has 0 saturated carbocycles. The van der Waals surface area contributed by atoms with E-state index >= 15 is 0 Å². The van der Waals surface area contributed by atoms with E-state index in [-0.39, 0.29) is 18.1 Å². The Morgan fingerprint density at radius 1 is 1.21 bits per heavy atom. The van der Waals surface area contributed by atoms with Crippen molar-refractivity contribution in [3.05, 3.63) is 41.6 Å². The highest BCUT2D eigenvalue weighted by Gasteiger charge is 2.17. The number of nitrogens with one attached hydrogen (secondary N) is 3. The van der Waals surface area contributed by atoms with E-state index < -0.39 is 0 Å². The van der Waals surface area contributed by atoms with E-state index in [9.17, 15) is 4.79 Å². The predicted octanol–water partition coefficient (Wildman–Crippen LogP) is 4.06. The van der Waals surface area contributed by atoms with Crippen molar-refractivity contribution in [2.75, 3.05) is 19.0 Å². The highest BCUT2D eigenvalue weighted by atomic mass is 35.5. The lowest BCUT2D eigenvalue weighted by atomic mass is 10.1. The number of H-pyrrole nitrogens is 1. The standard InChI is InChI=1S/C23H26ClN7O3/c1-23(2,3)28-19(32)12-34-17-9-6-13(10-18(17)33-5)21-27-22(31(4)30-21)26-16-8-7-15-14(20(16)24)11-25-29-15/h6-11H,12H2,1-5H3,(H,25,29)(H,28,32)(H,26,27,30). The number of fused-ring (bicyclic) bond motifs is 1. The molecule has 4 rings (SSSR count). The van der Waals surface area contributed by atoms with Crippen LogP contribution in [0.2, 0.25) is 5.02 Å². The Kier molecular flexibility index (Phi) is 6.34. The molecule has 0 unspecified atom stereocenters. The average molecular weight is 484 g/mol. The van der Waals surface area contributed by atoms with Gasteiger partial charge in [0.05, 0.1) is 29.5 Å². The van der Waals surface area contributed by atoms with Gasteiger partial charge >= 0.3 is 0 Å². The van der Waals surface area contributed by atoms with Gasteiger partial charge in [0.25, 0.3) is 5.91 Å². The number of rotatable bonds is 7. The number of halogens is 1. The van der Waals surface area contributed by atoms with Gasteiger partial charge in [-0.1, -0.05) is 11.6 Å². The minimum Gasteiger partial charge on any atom is -0.493 e. The Balaban J connectivity index is 1.52. The number of aromatic nitrogens is 5. The molecule has 1 amide bonds. The number of carbonyl (C=O) groups is 1. The van der Waals surface area contributed by atoms with Crippen LogP contribution in [0.1, 0.15) is 20.8 Å². The summed E-state index contributed by atoms with van der Waals surface area (Å²) in [5.74, 6) is 1.70. The molecule has 10 nitrogen and oxygen atoms in total. The first-order chi connectivity index (χ1) is 16.1. The van der Waals surface area contributed by atoms with Gasteiger partial charge in [-0.25, -0.2) is 4.68 Å². The number of methoxy groups -OCH3 is 1. The van der Waals surface area contributed by atoms with E-state index in [1.54, 1.807) is 30.1 Å². The summed E-state index contributed by atoms with van der Waals surface area (Å²) >= 11 is 6.51. The van der Waals surface area contributed by atoms with Crippen molar-refractivity contribution < 1.29 is 14.3 Å². The zero-order valence-corrected chi connectivity index (χ0v) is 20.3. The maximum absolute atomic E-state index is 12.1. The molecule has 178 valence electrons. The molecule has 4 aromatic rings. The summed E-state index contributed by atoms with van der Waals surface area (Å²) in [4.78, 5) is 16.7. The zero-order chi connectivity index (χ0) is 24.5. The SMILES string of the molecule is COc1cc(-c2nc(Nc3ccc4[nH]ncc4c3Cl)n(C)n2)ccc1OCC(=O)NC(C)(C)C. The van der Waals surface area contributed by atoms with Gasteiger partial charge in [-0.2, -0.15) is 10.1 Å². The molecule has 0 atom stereocenters. The number of nitrogens with zero attached hydrogens (tertiary/aromatic N) is 4. The molecule has 2 aromatic carbocycles. The van der Waals surface area contributed by atoms with Crippen molar-refractivity contribution in [3.8, 4) is 22.9 Å². The first-order valence-electron chi connectivity index (χ1n) is 10.6. The fourth-order valence-corrected chi connectivity index (χ4v) is 3.60. The molecule has 11 heteroatoms. The van der Waals surface area contributed by atoms with Crippen LogP contribution in [0.15, 0.2) is 36.5 Å². The van der Waals surface area contributed by atoms with E-state index in [2.05, 4.69) is 30.9 Å². The second-order valence-electron chi connectivity index (χ2n) is 8.72. The van der Waals surface area contributed by atoms with Crippen molar-refractivity contribution in [3.63, 3.8) is 0 Å². The Labute approximate surface area is 201 Å². The number of ether oxygens (including phenoxy) is 2. The van der Waals surface area contributed by atoms with Crippen LogP contribution in [0.4, 0.5) is 11.6 Å². The zero-order valence-electron chi connectivity index (χ0n) is 19.6. The van der Waals surface area contributed by atoms with Crippen molar-refractivity contribution >= 4 is 40.0 Å².